The van der Waals surface area contributed by atoms with Crippen LogP contribution in [0.1, 0.15) is 29.3 Å². The van der Waals surface area contributed by atoms with Gasteiger partial charge in [-0.15, -0.1) is 11.3 Å². The van der Waals surface area contributed by atoms with Crippen molar-refractivity contribution in [3.05, 3.63) is 16.1 Å². The molecule has 0 spiro atoms. The summed E-state index contributed by atoms with van der Waals surface area (Å²) in [6, 6.07) is -0.517. The topological polar surface area (TPSA) is 34.1 Å². The quantitative estimate of drug-likeness (QED) is 0.608. The average Bonchev–Trinajstić information content (AvgIpc) is 2.81. The SMILES string of the molecule is CCNC(CCOCC(F)(F)F)c1cnc(C(F)(F)F)s1. The van der Waals surface area contributed by atoms with Gasteiger partial charge in [0, 0.05) is 23.7 Å². The first-order valence-electron chi connectivity index (χ1n) is 6.04. The van der Waals surface area contributed by atoms with Crippen LogP contribution in [-0.2, 0) is 10.9 Å². The van der Waals surface area contributed by atoms with Crippen LogP contribution in [0.3, 0.4) is 0 Å². The molecule has 0 saturated heterocycles. The molecule has 21 heavy (non-hydrogen) atoms. The Kier molecular flexibility index (Phi) is 6.41. The number of hydrogen-bond acceptors (Lipinski definition) is 4. The monoisotopic (exact) mass is 336 g/mol. The molecule has 0 aliphatic carbocycles. The molecule has 0 bridgehead atoms. The third kappa shape index (κ3) is 6.62. The van der Waals surface area contributed by atoms with Crippen molar-refractivity contribution in [3.63, 3.8) is 0 Å². The summed E-state index contributed by atoms with van der Waals surface area (Å²) in [5.41, 5.74) is 0. The van der Waals surface area contributed by atoms with Crippen LogP contribution in [0.5, 0.6) is 0 Å². The van der Waals surface area contributed by atoms with Crippen LogP contribution in [0.2, 0.25) is 0 Å². The van der Waals surface area contributed by atoms with Crippen LogP contribution >= 0.6 is 11.3 Å². The van der Waals surface area contributed by atoms with E-state index in [0.717, 1.165) is 6.20 Å². The Morgan fingerprint density at radius 3 is 2.43 bits per heavy atom. The van der Waals surface area contributed by atoms with Crippen molar-refractivity contribution in [1.29, 1.82) is 0 Å². The molecule has 0 fully saturated rings. The van der Waals surface area contributed by atoms with Gasteiger partial charge in [0.1, 0.15) is 6.61 Å². The van der Waals surface area contributed by atoms with Gasteiger partial charge in [0.05, 0.1) is 0 Å². The Labute approximate surface area is 121 Å². The third-order valence-electron chi connectivity index (χ3n) is 2.38. The minimum absolute atomic E-state index is 0.128. The molecule has 0 radical (unpaired) electrons. The van der Waals surface area contributed by atoms with Crippen molar-refractivity contribution >= 4 is 11.3 Å². The molecule has 122 valence electrons. The predicted molar refractivity (Wildman–Crippen MR) is 65.0 cm³/mol. The highest BCUT2D eigenvalue weighted by Crippen LogP contribution is 2.35. The summed E-state index contributed by atoms with van der Waals surface area (Å²) < 4.78 is 77.6. The lowest BCUT2D eigenvalue weighted by atomic mass is 10.2. The molecule has 1 N–H and O–H groups in total. The van der Waals surface area contributed by atoms with Crippen LogP contribution in [-0.4, -0.2) is 30.9 Å². The molecule has 0 aliphatic rings. The van der Waals surface area contributed by atoms with Gasteiger partial charge in [0.25, 0.3) is 0 Å². The maximum Gasteiger partial charge on any atom is 0.443 e. The van der Waals surface area contributed by atoms with E-state index >= 15 is 0 Å². The molecule has 1 rings (SSSR count). The second kappa shape index (κ2) is 7.41. The van der Waals surface area contributed by atoms with Crippen LogP contribution in [0.15, 0.2) is 6.20 Å². The van der Waals surface area contributed by atoms with Gasteiger partial charge in [0.15, 0.2) is 5.01 Å². The van der Waals surface area contributed by atoms with Crippen molar-refractivity contribution in [3.8, 4) is 0 Å². The smallest absolute Gasteiger partial charge is 0.372 e. The highest BCUT2D eigenvalue weighted by molar-refractivity contribution is 7.11. The first kappa shape index (κ1) is 18.2. The molecule has 0 saturated carbocycles. The largest absolute Gasteiger partial charge is 0.443 e. The molecular formula is C11H14F6N2OS. The molecule has 10 heteroatoms. The fourth-order valence-electron chi connectivity index (χ4n) is 1.56. The summed E-state index contributed by atoms with van der Waals surface area (Å²) in [6.45, 7) is 0.622. The second-order valence-corrected chi connectivity index (χ2v) is 5.19. The number of aromatic nitrogens is 1. The number of rotatable bonds is 7. The molecule has 1 aromatic heterocycles. The van der Waals surface area contributed by atoms with E-state index in [1.807, 2.05) is 0 Å². The Hall–Kier alpha value is -0.870. The summed E-state index contributed by atoms with van der Waals surface area (Å²) in [7, 11) is 0. The van der Waals surface area contributed by atoms with Gasteiger partial charge in [-0.05, 0) is 13.0 Å². The fraction of sp³-hybridized carbons (Fsp3) is 0.727. The second-order valence-electron chi connectivity index (χ2n) is 4.13. The van der Waals surface area contributed by atoms with Crippen molar-refractivity contribution < 1.29 is 31.1 Å². The van der Waals surface area contributed by atoms with Crippen LogP contribution in [0.4, 0.5) is 26.3 Å². The standard InChI is InChI=1S/C11H14F6N2OS/c1-2-18-7(3-4-20-6-10(12,13)14)8-5-19-9(21-8)11(15,16)17/h5,7,18H,2-4,6H2,1H3. The summed E-state index contributed by atoms with van der Waals surface area (Å²) in [5, 5.41) is 1.93. The average molecular weight is 336 g/mol. The number of ether oxygens (including phenoxy) is 1. The zero-order chi connectivity index (χ0) is 16.1. The summed E-state index contributed by atoms with van der Waals surface area (Å²) in [6.07, 6.45) is -7.72. The Balaban J connectivity index is 2.59. The minimum atomic E-state index is -4.52. The van der Waals surface area contributed by atoms with E-state index in [-0.39, 0.29) is 13.0 Å². The van der Waals surface area contributed by atoms with E-state index in [1.54, 1.807) is 6.92 Å². The highest BCUT2D eigenvalue weighted by atomic mass is 32.1. The molecule has 1 unspecified atom stereocenters. The molecule has 1 aromatic rings. The molecular weight excluding hydrogens is 322 g/mol. The van der Waals surface area contributed by atoms with Crippen molar-refractivity contribution in [2.75, 3.05) is 19.8 Å². The van der Waals surface area contributed by atoms with Crippen molar-refractivity contribution in [2.45, 2.75) is 31.7 Å². The lowest BCUT2D eigenvalue weighted by molar-refractivity contribution is -0.174. The van der Waals surface area contributed by atoms with E-state index in [4.69, 9.17) is 0 Å². The lowest BCUT2D eigenvalue weighted by Gasteiger charge is -2.16. The first-order chi connectivity index (χ1) is 9.63. The lowest BCUT2D eigenvalue weighted by Crippen LogP contribution is -2.23. The Bertz CT molecular complexity index is 431. The zero-order valence-corrected chi connectivity index (χ0v) is 11.8. The Morgan fingerprint density at radius 1 is 1.29 bits per heavy atom. The van der Waals surface area contributed by atoms with E-state index in [1.165, 1.54) is 0 Å². The van der Waals surface area contributed by atoms with Gasteiger partial charge in [-0.1, -0.05) is 6.92 Å². The van der Waals surface area contributed by atoms with E-state index < -0.39 is 30.0 Å². The molecule has 0 aromatic carbocycles. The number of halogens is 6. The number of thiazole rings is 1. The molecule has 0 aliphatic heterocycles. The van der Waals surface area contributed by atoms with E-state index in [0.29, 0.717) is 22.8 Å². The van der Waals surface area contributed by atoms with Gasteiger partial charge in [-0.2, -0.15) is 26.3 Å². The number of nitrogens with zero attached hydrogens (tertiary/aromatic N) is 1. The Morgan fingerprint density at radius 2 is 1.95 bits per heavy atom. The normalized spacial score (nSPS) is 14.4. The highest BCUT2D eigenvalue weighted by Gasteiger charge is 2.35. The molecule has 3 nitrogen and oxygen atoms in total. The predicted octanol–water partition coefficient (Wildman–Crippen LogP) is 3.78. The third-order valence-corrected chi connectivity index (χ3v) is 3.53. The van der Waals surface area contributed by atoms with Crippen LogP contribution in [0.25, 0.3) is 0 Å². The molecule has 1 heterocycles. The van der Waals surface area contributed by atoms with Crippen LogP contribution < -0.4 is 5.32 Å². The fourth-order valence-corrected chi connectivity index (χ4v) is 2.45. The zero-order valence-electron chi connectivity index (χ0n) is 11.0. The minimum Gasteiger partial charge on any atom is -0.372 e. The van der Waals surface area contributed by atoms with Gasteiger partial charge in [-0.25, -0.2) is 4.98 Å². The number of hydrogen-bond donors (Lipinski definition) is 1. The molecule has 1 atom stereocenters. The number of alkyl halides is 6. The van der Waals surface area contributed by atoms with Gasteiger partial charge in [0.2, 0.25) is 0 Å². The number of nitrogens with one attached hydrogen (secondary N) is 1. The van der Waals surface area contributed by atoms with Crippen LogP contribution in [0, 0.1) is 0 Å². The van der Waals surface area contributed by atoms with Gasteiger partial charge in [-0.3, -0.25) is 0 Å². The van der Waals surface area contributed by atoms with E-state index in [2.05, 4.69) is 15.0 Å². The molecule has 0 amide bonds. The maximum atomic E-state index is 12.5. The summed E-state index contributed by atoms with van der Waals surface area (Å²) in [5.74, 6) is 0. The van der Waals surface area contributed by atoms with Crippen molar-refractivity contribution in [2.24, 2.45) is 0 Å². The van der Waals surface area contributed by atoms with E-state index in [9.17, 15) is 26.3 Å². The summed E-state index contributed by atoms with van der Waals surface area (Å²) in [4.78, 5) is 3.61. The van der Waals surface area contributed by atoms with Gasteiger partial charge < -0.3 is 10.1 Å². The first-order valence-corrected chi connectivity index (χ1v) is 6.86. The maximum absolute atomic E-state index is 12.5. The van der Waals surface area contributed by atoms with Gasteiger partial charge >= 0.3 is 12.4 Å². The van der Waals surface area contributed by atoms with Crippen molar-refractivity contribution in [1.82, 2.24) is 10.3 Å². The summed E-state index contributed by atoms with van der Waals surface area (Å²) >= 11 is 0.475.